The minimum Gasteiger partial charge on any atom is -0.359 e. The van der Waals surface area contributed by atoms with E-state index < -0.39 is 0 Å². The van der Waals surface area contributed by atoms with Crippen LogP contribution in [-0.2, 0) is 0 Å². The predicted octanol–water partition coefficient (Wildman–Crippen LogP) is 0.635. The zero-order chi connectivity index (χ0) is 7.40. The van der Waals surface area contributed by atoms with Gasteiger partial charge in [0.2, 0.25) is 0 Å². The van der Waals surface area contributed by atoms with Crippen LogP contribution in [0.1, 0.15) is 20.3 Å². The molecule has 0 saturated carbocycles. The Bertz CT molecular complexity index is 127. The van der Waals surface area contributed by atoms with Crippen LogP contribution >= 0.6 is 0 Å². The molecule has 1 N–H and O–H groups in total. The van der Waals surface area contributed by atoms with E-state index in [9.17, 15) is 0 Å². The first-order valence-electron chi connectivity index (χ1n) is 3.92. The lowest BCUT2D eigenvalue weighted by molar-refractivity contribution is 0.459. The molecule has 10 heavy (non-hydrogen) atoms. The highest BCUT2D eigenvalue weighted by Crippen LogP contribution is 1.99. The number of nitrogens with one attached hydrogen (secondary N) is 1. The SMILES string of the molecule is CCN(CC)C1=NNCC1. The van der Waals surface area contributed by atoms with E-state index in [4.69, 9.17) is 0 Å². The average molecular weight is 141 g/mol. The lowest BCUT2D eigenvalue weighted by atomic mass is 10.3. The number of nitrogens with zero attached hydrogens (tertiary/aromatic N) is 2. The fourth-order valence-corrected chi connectivity index (χ4v) is 1.19. The number of amidine groups is 1. The zero-order valence-electron chi connectivity index (χ0n) is 6.72. The van der Waals surface area contributed by atoms with Crippen molar-refractivity contribution < 1.29 is 0 Å². The number of hydrogen-bond acceptors (Lipinski definition) is 3. The Labute approximate surface area is 62.1 Å². The molecule has 0 bridgehead atoms. The molecule has 0 saturated heterocycles. The van der Waals surface area contributed by atoms with Crippen LogP contribution in [0, 0.1) is 0 Å². The van der Waals surface area contributed by atoms with Crippen molar-refractivity contribution in [3.05, 3.63) is 0 Å². The molecule has 1 heterocycles. The first-order valence-corrected chi connectivity index (χ1v) is 3.92. The van der Waals surface area contributed by atoms with E-state index in [0.29, 0.717) is 0 Å². The topological polar surface area (TPSA) is 27.6 Å². The lowest BCUT2D eigenvalue weighted by Gasteiger charge is -2.18. The molecule has 0 fully saturated rings. The van der Waals surface area contributed by atoms with E-state index in [-0.39, 0.29) is 0 Å². The summed E-state index contributed by atoms with van der Waals surface area (Å²) in [6.45, 7) is 7.45. The molecule has 0 aromatic carbocycles. The van der Waals surface area contributed by atoms with Crippen molar-refractivity contribution in [3.63, 3.8) is 0 Å². The second kappa shape index (κ2) is 3.44. The van der Waals surface area contributed by atoms with E-state index >= 15 is 0 Å². The molecule has 3 nitrogen and oxygen atoms in total. The second-order valence-corrected chi connectivity index (χ2v) is 2.36. The molecule has 0 spiro atoms. The van der Waals surface area contributed by atoms with Crippen LogP contribution in [0.15, 0.2) is 5.10 Å². The molecular weight excluding hydrogens is 126 g/mol. The summed E-state index contributed by atoms with van der Waals surface area (Å²) in [7, 11) is 0. The summed E-state index contributed by atoms with van der Waals surface area (Å²) in [5.74, 6) is 1.21. The monoisotopic (exact) mass is 141 g/mol. The lowest BCUT2D eigenvalue weighted by Crippen LogP contribution is -2.29. The normalized spacial score (nSPS) is 16.4. The van der Waals surface area contributed by atoms with Gasteiger partial charge in [-0.2, -0.15) is 5.10 Å². The van der Waals surface area contributed by atoms with Gasteiger partial charge in [0, 0.05) is 26.1 Å². The third-order valence-electron chi connectivity index (χ3n) is 1.80. The van der Waals surface area contributed by atoms with Crippen LogP contribution in [0.5, 0.6) is 0 Å². The number of hydrazone groups is 1. The molecule has 1 rings (SSSR count). The molecule has 0 amide bonds. The Kier molecular flexibility index (Phi) is 2.54. The van der Waals surface area contributed by atoms with Crippen LogP contribution in [0.3, 0.4) is 0 Å². The molecule has 58 valence electrons. The molecule has 1 aliphatic rings. The standard InChI is InChI=1S/C7H15N3/c1-3-10(4-2)7-5-6-8-9-7/h8H,3-6H2,1-2H3. The summed E-state index contributed by atoms with van der Waals surface area (Å²) in [5.41, 5.74) is 2.97. The van der Waals surface area contributed by atoms with E-state index in [1.807, 2.05) is 0 Å². The molecule has 0 aromatic heterocycles. The van der Waals surface area contributed by atoms with Gasteiger partial charge in [0.25, 0.3) is 0 Å². The van der Waals surface area contributed by atoms with Crippen molar-refractivity contribution in [2.24, 2.45) is 5.10 Å². The van der Waals surface area contributed by atoms with Gasteiger partial charge in [-0.05, 0) is 13.8 Å². The Morgan fingerprint density at radius 1 is 1.50 bits per heavy atom. The van der Waals surface area contributed by atoms with E-state index in [2.05, 4.69) is 29.3 Å². The molecule has 0 atom stereocenters. The van der Waals surface area contributed by atoms with Crippen LogP contribution in [0.2, 0.25) is 0 Å². The van der Waals surface area contributed by atoms with Gasteiger partial charge in [-0.3, -0.25) is 0 Å². The Morgan fingerprint density at radius 2 is 2.20 bits per heavy atom. The van der Waals surface area contributed by atoms with Gasteiger partial charge in [-0.1, -0.05) is 0 Å². The highest BCUT2D eigenvalue weighted by molar-refractivity contribution is 5.83. The highest BCUT2D eigenvalue weighted by atomic mass is 15.4. The van der Waals surface area contributed by atoms with Crippen molar-refractivity contribution >= 4 is 5.84 Å². The van der Waals surface area contributed by atoms with Crippen LogP contribution in [0.4, 0.5) is 0 Å². The van der Waals surface area contributed by atoms with Crippen molar-refractivity contribution in [2.45, 2.75) is 20.3 Å². The summed E-state index contributed by atoms with van der Waals surface area (Å²) < 4.78 is 0. The number of rotatable bonds is 2. The Balaban J connectivity index is 2.44. The molecule has 1 aliphatic heterocycles. The van der Waals surface area contributed by atoms with Crippen LogP contribution < -0.4 is 5.43 Å². The van der Waals surface area contributed by atoms with E-state index in [0.717, 1.165) is 26.1 Å². The van der Waals surface area contributed by atoms with Crippen LogP contribution in [0.25, 0.3) is 0 Å². The fraction of sp³-hybridized carbons (Fsp3) is 0.857. The smallest absolute Gasteiger partial charge is 0.126 e. The predicted molar refractivity (Wildman–Crippen MR) is 43.0 cm³/mol. The quantitative estimate of drug-likeness (QED) is 0.611. The maximum atomic E-state index is 4.17. The molecule has 0 radical (unpaired) electrons. The largest absolute Gasteiger partial charge is 0.359 e. The van der Waals surface area contributed by atoms with Gasteiger partial charge in [0.05, 0.1) is 0 Å². The summed E-state index contributed by atoms with van der Waals surface area (Å²) in [4.78, 5) is 2.28. The fourth-order valence-electron chi connectivity index (χ4n) is 1.19. The first-order chi connectivity index (χ1) is 4.88. The Hall–Kier alpha value is -0.730. The average Bonchev–Trinajstić information content (AvgIpc) is 2.43. The van der Waals surface area contributed by atoms with Crippen molar-refractivity contribution in [1.29, 1.82) is 0 Å². The summed E-state index contributed by atoms with van der Waals surface area (Å²) in [6, 6.07) is 0. The van der Waals surface area contributed by atoms with Gasteiger partial charge in [0.15, 0.2) is 0 Å². The van der Waals surface area contributed by atoms with Crippen molar-refractivity contribution in [3.8, 4) is 0 Å². The summed E-state index contributed by atoms with van der Waals surface area (Å²) in [5, 5.41) is 4.17. The highest BCUT2D eigenvalue weighted by Gasteiger charge is 2.10. The summed E-state index contributed by atoms with van der Waals surface area (Å²) in [6.07, 6.45) is 1.08. The van der Waals surface area contributed by atoms with E-state index in [1.165, 1.54) is 5.84 Å². The van der Waals surface area contributed by atoms with Gasteiger partial charge in [-0.25, -0.2) is 0 Å². The number of hydrogen-bond donors (Lipinski definition) is 1. The van der Waals surface area contributed by atoms with Gasteiger partial charge < -0.3 is 10.3 Å². The first kappa shape index (κ1) is 7.38. The Morgan fingerprint density at radius 3 is 2.60 bits per heavy atom. The van der Waals surface area contributed by atoms with Gasteiger partial charge in [-0.15, -0.1) is 0 Å². The second-order valence-electron chi connectivity index (χ2n) is 2.36. The molecular formula is C7H15N3. The third kappa shape index (κ3) is 1.40. The molecule has 3 heteroatoms. The summed E-state index contributed by atoms with van der Waals surface area (Å²) >= 11 is 0. The zero-order valence-corrected chi connectivity index (χ0v) is 6.72. The van der Waals surface area contributed by atoms with Gasteiger partial charge >= 0.3 is 0 Å². The van der Waals surface area contributed by atoms with Crippen molar-refractivity contribution in [2.75, 3.05) is 19.6 Å². The van der Waals surface area contributed by atoms with E-state index in [1.54, 1.807) is 0 Å². The van der Waals surface area contributed by atoms with Crippen LogP contribution in [-0.4, -0.2) is 30.4 Å². The maximum Gasteiger partial charge on any atom is 0.126 e. The maximum absolute atomic E-state index is 4.17. The third-order valence-corrected chi connectivity index (χ3v) is 1.80. The molecule has 0 aliphatic carbocycles. The van der Waals surface area contributed by atoms with Crippen molar-refractivity contribution in [1.82, 2.24) is 10.3 Å². The minimum absolute atomic E-state index is 1.01. The van der Waals surface area contributed by atoms with Gasteiger partial charge in [0.1, 0.15) is 5.84 Å². The minimum atomic E-state index is 1.01. The molecule has 0 aromatic rings. The molecule has 0 unspecified atom stereocenters.